The van der Waals surface area contributed by atoms with Crippen LogP contribution in [-0.2, 0) is 4.74 Å². The number of carbonyl (C=O) groups is 1. The van der Waals surface area contributed by atoms with Crippen molar-refractivity contribution in [3.05, 3.63) is 23.2 Å². The second-order valence-electron chi connectivity index (χ2n) is 7.47. The molecule has 1 aromatic heterocycles. The summed E-state index contributed by atoms with van der Waals surface area (Å²) in [6.07, 6.45) is 1.84. The molecule has 1 aliphatic heterocycles. The van der Waals surface area contributed by atoms with E-state index in [0.717, 1.165) is 37.5 Å². The zero-order valence-electron chi connectivity index (χ0n) is 15.2. The molecule has 1 fully saturated rings. The molecular formula is C18H30N2O3. The van der Waals surface area contributed by atoms with Crippen LogP contribution < -0.4 is 5.32 Å². The fourth-order valence-electron chi connectivity index (χ4n) is 3.11. The summed E-state index contributed by atoms with van der Waals surface area (Å²) >= 11 is 0. The minimum Gasteiger partial charge on any atom is -0.466 e. The first-order valence-corrected chi connectivity index (χ1v) is 8.47. The first kappa shape index (κ1) is 17.9. The number of ether oxygens (including phenoxy) is 1. The lowest BCUT2D eigenvalue weighted by atomic mass is 10.1. The Balaban J connectivity index is 1.91. The number of carbonyl (C=O) groups excluding carboxylic acids is 1. The fourth-order valence-corrected chi connectivity index (χ4v) is 3.11. The van der Waals surface area contributed by atoms with Gasteiger partial charge in [-0.3, -0.25) is 0 Å². The molecule has 1 saturated heterocycles. The quantitative estimate of drug-likeness (QED) is 0.912. The van der Waals surface area contributed by atoms with Crippen molar-refractivity contribution >= 4 is 6.09 Å². The van der Waals surface area contributed by atoms with Crippen LogP contribution in [0.5, 0.6) is 0 Å². The van der Waals surface area contributed by atoms with Crippen LogP contribution in [0.1, 0.15) is 63.7 Å². The third-order valence-corrected chi connectivity index (χ3v) is 4.21. The third kappa shape index (κ3) is 4.74. The number of likely N-dealkylation sites (tertiary alicyclic amines) is 1. The van der Waals surface area contributed by atoms with E-state index in [4.69, 9.17) is 9.15 Å². The van der Waals surface area contributed by atoms with Gasteiger partial charge in [-0.25, -0.2) is 4.79 Å². The van der Waals surface area contributed by atoms with Crippen molar-refractivity contribution in [2.45, 2.75) is 72.1 Å². The van der Waals surface area contributed by atoms with Crippen LogP contribution in [0.25, 0.3) is 0 Å². The normalized spacial score (nSPS) is 19.9. The minimum atomic E-state index is -0.448. The van der Waals surface area contributed by atoms with E-state index in [9.17, 15) is 4.79 Å². The van der Waals surface area contributed by atoms with Gasteiger partial charge in [-0.15, -0.1) is 0 Å². The second kappa shape index (κ2) is 6.95. The summed E-state index contributed by atoms with van der Waals surface area (Å²) in [6, 6.07) is 2.47. The maximum absolute atomic E-state index is 12.3. The Labute approximate surface area is 139 Å². The van der Waals surface area contributed by atoms with Crippen LogP contribution in [0, 0.1) is 13.8 Å². The van der Waals surface area contributed by atoms with E-state index in [1.165, 1.54) is 5.56 Å². The van der Waals surface area contributed by atoms with Crippen LogP contribution in [-0.4, -0.2) is 35.7 Å². The monoisotopic (exact) mass is 322 g/mol. The predicted molar refractivity (Wildman–Crippen MR) is 90.6 cm³/mol. The van der Waals surface area contributed by atoms with Crippen molar-refractivity contribution in [2.24, 2.45) is 0 Å². The van der Waals surface area contributed by atoms with Gasteiger partial charge in [0.1, 0.15) is 17.1 Å². The van der Waals surface area contributed by atoms with Gasteiger partial charge in [0.15, 0.2) is 0 Å². The Morgan fingerprint density at radius 1 is 1.48 bits per heavy atom. The van der Waals surface area contributed by atoms with E-state index in [1.54, 1.807) is 0 Å². The Morgan fingerprint density at radius 2 is 2.17 bits per heavy atom. The number of hydrogen-bond acceptors (Lipinski definition) is 4. The fraction of sp³-hybridized carbons (Fsp3) is 0.722. The number of nitrogens with one attached hydrogen (secondary N) is 1. The lowest BCUT2D eigenvalue weighted by Gasteiger charge is -2.29. The number of aryl methyl sites for hydroxylation is 2. The lowest BCUT2D eigenvalue weighted by molar-refractivity contribution is 0.0225. The van der Waals surface area contributed by atoms with Crippen LogP contribution >= 0.6 is 0 Å². The van der Waals surface area contributed by atoms with Gasteiger partial charge in [0.25, 0.3) is 0 Å². The molecule has 0 aromatic carbocycles. The zero-order chi connectivity index (χ0) is 17.2. The Bertz CT molecular complexity index is 545. The van der Waals surface area contributed by atoms with Crippen molar-refractivity contribution in [2.75, 3.05) is 13.1 Å². The molecule has 2 rings (SSSR count). The molecule has 0 radical (unpaired) electrons. The molecule has 5 heteroatoms. The van der Waals surface area contributed by atoms with Crippen LogP contribution in [0.2, 0.25) is 0 Å². The van der Waals surface area contributed by atoms with E-state index in [2.05, 4.69) is 18.3 Å². The highest BCUT2D eigenvalue weighted by Crippen LogP contribution is 2.23. The van der Waals surface area contributed by atoms with E-state index >= 15 is 0 Å². The number of amides is 1. The van der Waals surface area contributed by atoms with Crippen molar-refractivity contribution in [1.82, 2.24) is 10.2 Å². The number of furan rings is 1. The highest BCUT2D eigenvalue weighted by molar-refractivity contribution is 5.69. The van der Waals surface area contributed by atoms with Crippen molar-refractivity contribution in [3.63, 3.8) is 0 Å². The van der Waals surface area contributed by atoms with Crippen LogP contribution in [0.4, 0.5) is 4.79 Å². The predicted octanol–water partition coefficient (Wildman–Crippen LogP) is 3.95. The molecule has 23 heavy (non-hydrogen) atoms. The van der Waals surface area contributed by atoms with Crippen LogP contribution in [0.3, 0.4) is 0 Å². The first-order valence-electron chi connectivity index (χ1n) is 8.47. The summed E-state index contributed by atoms with van der Waals surface area (Å²) in [6.45, 7) is 13.3. The summed E-state index contributed by atoms with van der Waals surface area (Å²) in [7, 11) is 0. The second-order valence-corrected chi connectivity index (χ2v) is 7.47. The van der Waals surface area contributed by atoms with Gasteiger partial charge in [-0.2, -0.15) is 0 Å². The molecular weight excluding hydrogens is 292 g/mol. The van der Waals surface area contributed by atoms with Gasteiger partial charge < -0.3 is 19.4 Å². The number of nitrogens with zero attached hydrogens (tertiary/aromatic N) is 1. The van der Waals surface area contributed by atoms with E-state index < -0.39 is 5.60 Å². The summed E-state index contributed by atoms with van der Waals surface area (Å²) < 4.78 is 11.1. The molecule has 1 aromatic rings. The largest absolute Gasteiger partial charge is 0.466 e. The summed E-state index contributed by atoms with van der Waals surface area (Å²) in [5.74, 6) is 1.89. The third-order valence-electron chi connectivity index (χ3n) is 4.21. The minimum absolute atomic E-state index is 0.195. The highest BCUT2D eigenvalue weighted by atomic mass is 16.6. The Kier molecular flexibility index (Phi) is 5.40. The van der Waals surface area contributed by atoms with E-state index in [0.29, 0.717) is 0 Å². The summed E-state index contributed by atoms with van der Waals surface area (Å²) in [4.78, 5) is 14.2. The Hall–Kier alpha value is -1.49. The smallest absolute Gasteiger partial charge is 0.410 e. The van der Waals surface area contributed by atoms with E-state index in [-0.39, 0.29) is 18.2 Å². The van der Waals surface area contributed by atoms with E-state index in [1.807, 2.05) is 39.5 Å². The highest BCUT2D eigenvalue weighted by Gasteiger charge is 2.32. The molecule has 1 aliphatic rings. The SMILES string of the molecule is Cc1cc(C(C)NCC2CCCN2C(=O)OC(C)(C)C)c(C)o1. The lowest BCUT2D eigenvalue weighted by Crippen LogP contribution is -2.44. The molecule has 0 saturated carbocycles. The van der Waals surface area contributed by atoms with Gasteiger partial charge >= 0.3 is 6.09 Å². The molecule has 2 atom stereocenters. The molecule has 0 spiro atoms. The average Bonchev–Trinajstić information content (AvgIpc) is 3.00. The first-order chi connectivity index (χ1) is 10.7. The van der Waals surface area contributed by atoms with Crippen molar-refractivity contribution < 1.29 is 13.9 Å². The molecule has 1 N–H and O–H groups in total. The average molecular weight is 322 g/mol. The standard InChI is InChI=1S/C18H30N2O3/c1-12-10-16(14(3)22-12)13(2)19-11-15-8-7-9-20(15)17(21)23-18(4,5)6/h10,13,15,19H,7-9,11H2,1-6H3. The van der Waals surface area contributed by atoms with Crippen LogP contribution in [0.15, 0.2) is 10.5 Å². The van der Waals surface area contributed by atoms with Crippen molar-refractivity contribution in [3.8, 4) is 0 Å². The molecule has 130 valence electrons. The topological polar surface area (TPSA) is 54.7 Å². The van der Waals surface area contributed by atoms with Gasteiger partial charge in [-0.05, 0) is 60.5 Å². The maximum Gasteiger partial charge on any atom is 0.410 e. The van der Waals surface area contributed by atoms with Gasteiger partial charge in [-0.1, -0.05) is 0 Å². The molecule has 2 unspecified atom stereocenters. The summed E-state index contributed by atoms with van der Waals surface area (Å²) in [5, 5.41) is 3.53. The van der Waals surface area contributed by atoms with Gasteiger partial charge in [0.05, 0.1) is 0 Å². The van der Waals surface area contributed by atoms with Crippen molar-refractivity contribution in [1.29, 1.82) is 0 Å². The summed E-state index contributed by atoms with van der Waals surface area (Å²) in [5.41, 5.74) is 0.737. The molecule has 0 bridgehead atoms. The number of hydrogen-bond donors (Lipinski definition) is 1. The molecule has 5 nitrogen and oxygen atoms in total. The Morgan fingerprint density at radius 3 is 2.74 bits per heavy atom. The molecule has 1 amide bonds. The van der Waals surface area contributed by atoms with Gasteiger partial charge in [0, 0.05) is 30.7 Å². The maximum atomic E-state index is 12.3. The number of rotatable bonds is 4. The zero-order valence-corrected chi connectivity index (χ0v) is 15.2. The van der Waals surface area contributed by atoms with Gasteiger partial charge in [0.2, 0.25) is 0 Å². The molecule has 0 aliphatic carbocycles. The molecule has 2 heterocycles.